The van der Waals surface area contributed by atoms with E-state index in [2.05, 4.69) is 0 Å². The molecule has 0 aromatic heterocycles. The second kappa shape index (κ2) is 8.52. The molecule has 25 heavy (non-hydrogen) atoms. The maximum absolute atomic E-state index is 12.9. The number of hydrogen-bond donors (Lipinski definition) is 0. The molecule has 0 amide bonds. The number of carbonyl (C=O) groups is 3. The van der Waals surface area contributed by atoms with Crippen molar-refractivity contribution in [1.82, 2.24) is 0 Å². The van der Waals surface area contributed by atoms with Crippen molar-refractivity contribution < 1.29 is 14.4 Å². The minimum atomic E-state index is -0.494. The van der Waals surface area contributed by atoms with E-state index < -0.39 is 11.8 Å². The summed E-state index contributed by atoms with van der Waals surface area (Å²) in [5.41, 5.74) is 3.87. The third-order valence-corrected chi connectivity index (χ3v) is 4.45. The van der Waals surface area contributed by atoms with Crippen molar-refractivity contribution in [3.63, 3.8) is 0 Å². The highest BCUT2D eigenvalue weighted by atomic mass is 16.1. The Morgan fingerprint density at radius 1 is 0.840 bits per heavy atom. The van der Waals surface area contributed by atoms with Gasteiger partial charge in [0.05, 0.1) is 0 Å². The van der Waals surface area contributed by atoms with Gasteiger partial charge in [-0.2, -0.15) is 0 Å². The van der Waals surface area contributed by atoms with Crippen LogP contribution in [0.4, 0.5) is 0 Å². The number of benzene rings is 2. The van der Waals surface area contributed by atoms with Crippen LogP contribution in [0.25, 0.3) is 0 Å². The Morgan fingerprint density at radius 3 is 1.76 bits per heavy atom. The molecule has 0 fully saturated rings. The van der Waals surface area contributed by atoms with E-state index in [-0.39, 0.29) is 24.4 Å². The molecule has 2 aromatic rings. The lowest BCUT2D eigenvalue weighted by Crippen LogP contribution is -2.19. The van der Waals surface area contributed by atoms with Gasteiger partial charge in [0.1, 0.15) is 17.9 Å². The summed E-state index contributed by atoms with van der Waals surface area (Å²) in [6, 6.07) is 15.3. The fourth-order valence-electron chi connectivity index (χ4n) is 2.92. The second-order valence-electron chi connectivity index (χ2n) is 6.69. The van der Waals surface area contributed by atoms with E-state index in [1.807, 2.05) is 62.4 Å². The number of carbonyl (C=O) groups excluding carboxylic acids is 3. The van der Waals surface area contributed by atoms with Crippen molar-refractivity contribution in [3.05, 3.63) is 70.8 Å². The van der Waals surface area contributed by atoms with Crippen LogP contribution in [0, 0.1) is 13.8 Å². The van der Waals surface area contributed by atoms with Crippen molar-refractivity contribution >= 4 is 17.9 Å². The summed E-state index contributed by atoms with van der Waals surface area (Å²) in [4.78, 5) is 36.0. The van der Waals surface area contributed by atoms with Gasteiger partial charge < -0.3 is 4.79 Å². The molecule has 0 unspecified atom stereocenters. The Hall–Kier alpha value is -2.55. The monoisotopic (exact) mass is 336 g/mol. The summed E-state index contributed by atoms with van der Waals surface area (Å²) < 4.78 is 0. The molecule has 2 atom stereocenters. The van der Waals surface area contributed by atoms with E-state index >= 15 is 0 Å². The van der Waals surface area contributed by atoms with Gasteiger partial charge in [-0.05, 0) is 31.9 Å². The van der Waals surface area contributed by atoms with Crippen molar-refractivity contribution in [2.24, 2.45) is 0 Å². The number of hydrogen-bond acceptors (Lipinski definition) is 3. The Balaban J connectivity index is 2.22. The van der Waals surface area contributed by atoms with Gasteiger partial charge >= 0.3 is 0 Å². The third-order valence-electron chi connectivity index (χ3n) is 4.45. The maximum atomic E-state index is 12.9. The van der Waals surface area contributed by atoms with E-state index in [4.69, 9.17) is 0 Å². The maximum Gasteiger partial charge on any atom is 0.141 e. The summed E-state index contributed by atoms with van der Waals surface area (Å²) >= 11 is 0. The Labute approximate surface area is 149 Å². The van der Waals surface area contributed by atoms with Crippen LogP contribution < -0.4 is 0 Å². The molecule has 0 aliphatic heterocycles. The molecule has 0 heterocycles. The average Bonchev–Trinajstić information content (AvgIpc) is 2.59. The highest BCUT2D eigenvalue weighted by Gasteiger charge is 2.25. The minimum Gasteiger partial charge on any atom is -0.303 e. The zero-order chi connectivity index (χ0) is 18.4. The fourth-order valence-corrected chi connectivity index (χ4v) is 2.92. The molecule has 0 bridgehead atoms. The number of Topliss-reactive ketones (excluding diaryl/α,β-unsaturated/α-hetero) is 2. The summed E-state index contributed by atoms with van der Waals surface area (Å²) in [5.74, 6) is -1.08. The summed E-state index contributed by atoms with van der Waals surface area (Å²) in [6.45, 7) is 5.45. The van der Waals surface area contributed by atoms with E-state index in [0.717, 1.165) is 28.5 Å². The molecule has 0 aliphatic carbocycles. The predicted octanol–water partition coefficient (Wildman–Crippen LogP) is 4.31. The molecule has 130 valence electrons. The van der Waals surface area contributed by atoms with E-state index in [0.29, 0.717) is 0 Å². The molecule has 2 aromatic carbocycles. The van der Waals surface area contributed by atoms with Crippen LogP contribution in [-0.4, -0.2) is 17.9 Å². The smallest absolute Gasteiger partial charge is 0.141 e. The second-order valence-corrected chi connectivity index (χ2v) is 6.69. The fraction of sp³-hybridized carbons (Fsp3) is 0.318. The van der Waals surface area contributed by atoms with Crippen LogP contribution in [0.2, 0.25) is 0 Å². The Morgan fingerprint density at radius 2 is 1.32 bits per heavy atom. The van der Waals surface area contributed by atoms with Crippen molar-refractivity contribution in [1.29, 1.82) is 0 Å². The standard InChI is InChI=1S/C22H24O3/c1-15-4-8-18(9-5-15)20(14-23)13-22(25)21(12-17(3)24)19-10-6-16(2)7-11-19/h4-11,14,20-21H,12-13H2,1-3H3/t20-,21-/m1/s1. The summed E-state index contributed by atoms with van der Waals surface area (Å²) in [6.07, 6.45) is 1.10. The summed E-state index contributed by atoms with van der Waals surface area (Å²) in [7, 11) is 0. The molecule has 3 nitrogen and oxygen atoms in total. The molecule has 0 saturated carbocycles. The number of rotatable bonds is 8. The lowest BCUT2D eigenvalue weighted by Gasteiger charge is -2.18. The third kappa shape index (κ3) is 5.21. The first-order valence-electron chi connectivity index (χ1n) is 8.51. The van der Waals surface area contributed by atoms with Gasteiger partial charge in [0.15, 0.2) is 0 Å². The first kappa shape index (κ1) is 18.8. The Bertz CT molecular complexity index is 742. The highest BCUT2D eigenvalue weighted by Crippen LogP contribution is 2.27. The van der Waals surface area contributed by atoms with E-state index in [9.17, 15) is 14.4 Å². The van der Waals surface area contributed by atoms with Crippen LogP contribution in [-0.2, 0) is 14.4 Å². The van der Waals surface area contributed by atoms with Crippen molar-refractivity contribution in [3.8, 4) is 0 Å². The lowest BCUT2D eigenvalue weighted by molar-refractivity contribution is -0.125. The number of aldehydes is 1. The van der Waals surface area contributed by atoms with Gasteiger partial charge in [0.25, 0.3) is 0 Å². The van der Waals surface area contributed by atoms with Crippen LogP contribution in [0.3, 0.4) is 0 Å². The van der Waals surface area contributed by atoms with E-state index in [1.54, 1.807) is 0 Å². The number of ketones is 2. The first-order valence-corrected chi connectivity index (χ1v) is 8.51. The lowest BCUT2D eigenvalue weighted by atomic mass is 9.84. The highest BCUT2D eigenvalue weighted by molar-refractivity contribution is 5.93. The van der Waals surface area contributed by atoms with Gasteiger partial charge in [-0.3, -0.25) is 9.59 Å². The molecular formula is C22H24O3. The normalized spacial score (nSPS) is 13.1. The zero-order valence-electron chi connectivity index (χ0n) is 15.0. The van der Waals surface area contributed by atoms with Crippen molar-refractivity contribution in [2.45, 2.75) is 45.4 Å². The van der Waals surface area contributed by atoms with Crippen LogP contribution in [0.15, 0.2) is 48.5 Å². The minimum absolute atomic E-state index is 0.0306. The SMILES string of the molecule is CC(=O)C[C@@H](C(=O)C[C@H](C=O)c1ccc(C)cc1)c1ccc(C)cc1. The van der Waals surface area contributed by atoms with Crippen LogP contribution in [0.5, 0.6) is 0 Å². The predicted molar refractivity (Wildman–Crippen MR) is 98.8 cm³/mol. The average molecular weight is 336 g/mol. The zero-order valence-corrected chi connectivity index (χ0v) is 15.0. The van der Waals surface area contributed by atoms with E-state index in [1.165, 1.54) is 6.92 Å². The van der Waals surface area contributed by atoms with Crippen LogP contribution in [0.1, 0.15) is 53.9 Å². The van der Waals surface area contributed by atoms with Gasteiger partial charge in [-0.15, -0.1) is 0 Å². The molecule has 3 heteroatoms. The molecular weight excluding hydrogens is 312 g/mol. The Kier molecular flexibility index (Phi) is 6.40. The van der Waals surface area contributed by atoms with Gasteiger partial charge in [0.2, 0.25) is 0 Å². The molecule has 0 aliphatic rings. The largest absolute Gasteiger partial charge is 0.303 e. The summed E-state index contributed by atoms with van der Waals surface area (Å²) in [5, 5.41) is 0. The van der Waals surface area contributed by atoms with Crippen molar-refractivity contribution in [2.75, 3.05) is 0 Å². The van der Waals surface area contributed by atoms with Gasteiger partial charge in [-0.25, -0.2) is 0 Å². The topological polar surface area (TPSA) is 51.2 Å². The van der Waals surface area contributed by atoms with Crippen LogP contribution >= 0.6 is 0 Å². The molecule has 0 saturated heterocycles. The molecule has 0 radical (unpaired) electrons. The van der Waals surface area contributed by atoms with Gasteiger partial charge in [-0.1, -0.05) is 59.7 Å². The quantitative estimate of drug-likeness (QED) is 0.675. The number of aryl methyl sites for hydroxylation is 2. The molecule has 0 N–H and O–H groups in total. The molecule has 2 rings (SSSR count). The van der Waals surface area contributed by atoms with Gasteiger partial charge in [0, 0.05) is 24.7 Å². The molecule has 0 spiro atoms. The first-order chi connectivity index (χ1) is 11.9.